The number of anilines is 1. The van der Waals surface area contributed by atoms with E-state index in [0.717, 1.165) is 17.7 Å². The van der Waals surface area contributed by atoms with Crippen molar-refractivity contribution in [1.82, 2.24) is 0 Å². The SMILES string of the molecule is C=C(C)CN(CC)c1c(F)cccc1[C@H](C)N. The highest BCUT2D eigenvalue weighted by atomic mass is 19.1. The molecule has 0 fully saturated rings. The van der Waals surface area contributed by atoms with E-state index >= 15 is 0 Å². The van der Waals surface area contributed by atoms with E-state index in [9.17, 15) is 4.39 Å². The molecule has 0 heterocycles. The number of nitrogens with zero attached hydrogens (tertiary/aromatic N) is 1. The minimum atomic E-state index is -0.220. The van der Waals surface area contributed by atoms with E-state index in [1.807, 2.05) is 31.7 Å². The van der Waals surface area contributed by atoms with Crippen molar-refractivity contribution in [2.45, 2.75) is 26.8 Å². The van der Waals surface area contributed by atoms with Crippen LogP contribution in [0.15, 0.2) is 30.4 Å². The zero-order chi connectivity index (χ0) is 13.0. The molecule has 1 aromatic carbocycles. The Bertz CT molecular complexity index is 399. The normalized spacial score (nSPS) is 12.3. The number of likely N-dealkylation sites (N-methyl/N-ethyl adjacent to an activating group) is 1. The van der Waals surface area contributed by atoms with Crippen LogP contribution in [0.1, 0.15) is 32.4 Å². The van der Waals surface area contributed by atoms with E-state index in [4.69, 9.17) is 5.73 Å². The standard InChI is InChI=1S/C14H21FN2/c1-5-17(9-10(2)3)14-12(11(4)16)7-6-8-13(14)15/h6-8,11H,2,5,9,16H2,1,3-4H3/t11-/m0/s1. The van der Waals surface area contributed by atoms with Gasteiger partial charge in [0, 0.05) is 19.1 Å². The lowest BCUT2D eigenvalue weighted by molar-refractivity contribution is 0.614. The first-order valence-corrected chi connectivity index (χ1v) is 5.90. The van der Waals surface area contributed by atoms with Crippen molar-refractivity contribution in [2.75, 3.05) is 18.0 Å². The summed E-state index contributed by atoms with van der Waals surface area (Å²) in [4.78, 5) is 1.97. The Morgan fingerprint density at radius 1 is 1.53 bits per heavy atom. The van der Waals surface area contributed by atoms with Crippen LogP contribution < -0.4 is 10.6 Å². The third kappa shape index (κ3) is 3.30. The summed E-state index contributed by atoms with van der Waals surface area (Å²) < 4.78 is 14.0. The Morgan fingerprint density at radius 2 is 2.18 bits per heavy atom. The van der Waals surface area contributed by atoms with Gasteiger partial charge in [-0.3, -0.25) is 0 Å². The molecule has 0 aliphatic heterocycles. The van der Waals surface area contributed by atoms with Crippen molar-refractivity contribution < 1.29 is 4.39 Å². The fourth-order valence-corrected chi connectivity index (χ4v) is 1.91. The van der Waals surface area contributed by atoms with Gasteiger partial charge in [0.25, 0.3) is 0 Å². The first kappa shape index (κ1) is 13.7. The molecule has 0 bridgehead atoms. The zero-order valence-corrected chi connectivity index (χ0v) is 10.8. The molecule has 94 valence electrons. The Morgan fingerprint density at radius 3 is 2.65 bits per heavy atom. The van der Waals surface area contributed by atoms with Gasteiger partial charge in [-0.25, -0.2) is 4.39 Å². The molecule has 2 N–H and O–H groups in total. The van der Waals surface area contributed by atoms with Gasteiger partial charge in [-0.05, 0) is 32.4 Å². The highest BCUT2D eigenvalue weighted by Gasteiger charge is 2.16. The van der Waals surface area contributed by atoms with Crippen molar-refractivity contribution in [2.24, 2.45) is 5.73 Å². The molecule has 0 aromatic heterocycles. The summed E-state index contributed by atoms with van der Waals surface area (Å²) in [5, 5.41) is 0. The lowest BCUT2D eigenvalue weighted by Gasteiger charge is -2.27. The highest BCUT2D eigenvalue weighted by Crippen LogP contribution is 2.28. The van der Waals surface area contributed by atoms with Crippen molar-refractivity contribution in [3.8, 4) is 0 Å². The molecule has 1 aromatic rings. The van der Waals surface area contributed by atoms with Crippen molar-refractivity contribution >= 4 is 5.69 Å². The Balaban J connectivity index is 3.20. The fraction of sp³-hybridized carbons (Fsp3) is 0.429. The number of nitrogens with two attached hydrogens (primary N) is 1. The van der Waals surface area contributed by atoms with Crippen LogP contribution in [-0.2, 0) is 0 Å². The molecule has 0 aliphatic carbocycles. The number of hydrogen-bond acceptors (Lipinski definition) is 2. The molecule has 1 atom stereocenters. The number of benzene rings is 1. The second kappa shape index (κ2) is 5.82. The maximum atomic E-state index is 14.0. The van der Waals surface area contributed by atoms with Gasteiger partial charge in [0.1, 0.15) is 5.82 Å². The smallest absolute Gasteiger partial charge is 0.146 e. The van der Waals surface area contributed by atoms with E-state index in [1.165, 1.54) is 6.07 Å². The molecule has 0 unspecified atom stereocenters. The van der Waals surface area contributed by atoms with Crippen LogP contribution in [0.5, 0.6) is 0 Å². The van der Waals surface area contributed by atoms with E-state index in [0.29, 0.717) is 12.2 Å². The number of halogens is 1. The van der Waals surface area contributed by atoms with Crippen LogP contribution in [0.2, 0.25) is 0 Å². The molecule has 0 saturated carbocycles. The highest BCUT2D eigenvalue weighted by molar-refractivity contribution is 5.56. The van der Waals surface area contributed by atoms with Gasteiger partial charge in [0.15, 0.2) is 0 Å². The van der Waals surface area contributed by atoms with Crippen LogP contribution in [-0.4, -0.2) is 13.1 Å². The fourth-order valence-electron chi connectivity index (χ4n) is 1.91. The number of para-hydroxylation sites is 1. The summed E-state index contributed by atoms with van der Waals surface area (Å²) in [7, 11) is 0. The summed E-state index contributed by atoms with van der Waals surface area (Å²) in [6, 6.07) is 4.87. The summed E-state index contributed by atoms with van der Waals surface area (Å²) in [6.07, 6.45) is 0. The molecule has 17 heavy (non-hydrogen) atoms. The monoisotopic (exact) mass is 236 g/mol. The first-order chi connectivity index (χ1) is 7.97. The van der Waals surface area contributed by atoms with E-state index < -0.39 is 0 Å². The Labute approximate surface area is 103 Å². The minimum absolute atomic E-state index is 0.181. The van der Waals surface area contributed by atoms with Crippen molar-refractivity contribution in [3.63, 3.8) is 0 Å². The van der Waals surface area contributed by atoms with Crippen molar-refractivity contribution in [1.29, 1.82) is 0 Å². The largest absolute Gasteiger partial charge is 0.365 e. The minimum Gasteiger partial charge on any atom is -0.365 e. The maximum absolute atomic E-state index is 14.0. The second-order valence-corrected chi connectivity index (χ2v) is 4.44. The van der Waals surface area contributed by atoms with Gasteiger partial charge in [-0.2, -0.15) is 0 Å². The van der Waals surface area contributed by atoms with Gasteiger partial charge in [0.2, 0.25) is 0 Å². The van der Waals surface area contributed by atoms with Crippen LogP contribution in [0.3, 0.4) is 0 Å². The molecule has 0 aliphatic rings. The van der Waals surface area contributed by atoms with Gasteiger partial charge in [0.05, 0.1) is 5.69 Å². The van der Waals surface area contributed by atoms with Gasteiger partial charge in [-0.15, -0.1) is 0 Å². The van der Waals surface area contributed by atoms with E-state index in [1.54, 1.807) is 6.07 Å². The average molecular weight is 236 g/mol. The topological polar surface area (TPSA) is 29.3 Å². The van der Waals surface area contributed by atoms with Gasteiger partial charge >= 0.3 is 0 Å². The van der Waals surface area contributed by atoms with E-state index in [-0.39, 0.29) is 11.9 Å². The van der Waals surface area contributed by atoms with Crippen molar-refractivity contribution in [3.05, 3.63) is 41.7 Å². The van der Waals surface area contributed by atoms with Gasteiger partial charge < -0.3 is 10.6 Å². The molecule has 0 saturated heterocycles. The van der Waals surface area contributed by atoms with Gasteiger partial charge in [-0.1, -0.05) is 24.3 Å². The lowest BCUT2D eigenvalue weighted by atomic mass is 10.0. The molecule has 2 nitrogen and oxygen atoms in total. The second-order valence-electron chi connectivity index (χ2n) is 4.44. The Kier molecular flexibility index (Phi) is 4.70. The summed E-state index contributed by atoms with van der Waals surface area (Å²) in [5.74, 6) is -0.220. The predicted molar refractivity (Wildman–Crippen MR) is 71.7 cm³/mol. The van der Waals surface area contributed by atoms with Crippen LogP contribution in [0.4, 0.5) is 10.1 Å². The Hall–Kier alpha value is -1.35. The third-order valence-electron chi connectivity index (χ3n) is 2.67. The molecular weight excluding hydrogens is 215 g/mol. The van der Waals surface area contributed by atoms with E-state index in [2.05, 4.69) is 6.58 Å². The summed E-state index contributed by atoms with van der Waals surface area (Å²) >= 11 is 0. The number of hydrogen-bond donors (Lipinski definition) is 1. The maximum Gasteiger partial charge on any atom is 0.146 e. The molecule has 0 amide bonds. The molecule has 1 rings (SSSR count). The first-order valence-electron chi connectivity index (χ1n) is 5.90. The lowest BCUT2D eigenvalue weighted by Crippen LogP contribution is -2.27. The average Bonchev–Trinajstić information content (AvgIpc) is 2.25. The molecular formula is C14H21FN2. The number of rotatable bonds is 5. The summed E-state index contributed by atoms with van der Waals surface area (Å²) in [6.45, 7) is 11.1. The predicted octanol–water partition coefficient (Wildman–Crippen LogP) is 3.25. The zero-order valence-electron chi connectivity index (χ0n) is 10.8. The van der Waals surface area contributed by atoms with Crippen LogP contribution in [0.25, 0.3) is 0 Å². The van der Waals surface area contributed by atoms with Crippen LogP contribution in [0, 0.1) is 5.82 Å². The third-order valence-corrected chi connectivity index (χ3v) is 2.67. The van der Waals surface area contributed by atoms with Crippen LogP contribution >= 0.6 is 0 Å². The molecule has 3 heteroatoms. The molecule has 0 radical (unpaired) electrons. The quantitative estimate of drug-likeness (QED) is 0.795. The summed E-state index contributed by atoms with van der Waals surface area (Å²) in [5.41, 5.74) is 8.34. The molecule has 0 spiro atoms.